The second kappa shape index (κ2) is 7.63. The summed E-state index contributed by atoms with van der Waals surface area (Å²) in [4.78, 5) is 0. The van der Waals surface area contributed by atoms with Gasteiger partial charge in [-0.25, -0.2) is 9.13 Å². The Balaban J connectivity index is 0.00000200. The van der Waals surface area contributed by atoms with Crippen LogP contribution in [0.4, 0.5) is 0 Å². The van der Waals surface area contributed by atoms with Gasteiger partial charge in [0.15, 0.2) is 0 Å². The van der Waals surface area contributed by atoms with E-state index in [0.717, 1.165) is 13.1 Å². The Hall–Kier alpha value is -1.09. The van der Waals surface area contributed by atoms with E-state index < -0.39 is 0 Å². The minimum absolute atomic E-state index is 0. The minimum atomic E-state index is 0. The molecule has 2 rings (SSSR count). The van der Waals surface area contributed by atoms with Crippen LogP contribution in [0.25, 0.3) is 0 Å². The van der Waals surface area contributed by atoms with Crippen molar-refractivity contribution >= 4 is 17.0 Å². The van der Waals surface area contributed by atoms with Gasteiger partial charge in [-0.05, 0) is 23.5 Å². The van der Waals surface area contributed by atoms with Crippen LogP contribution in [0.3, 0.4) is 0 Å². The lowest BCUT2D eigenvalue weighted by Crippen LogP contribution is -2.36. The first-order chi connectivity index (χ1) is 9.11. The molecule has 1 heterocycles. The average Bonchev–Trinajstić information content (AvgIpc) is 2.73. The first-order valence-electron chi connectivity index (χ1n) is 7.25. The molecule has 0 amide bonds. The minimum Gasteiger partial charge on any atom is -0.234 e. The van der Waals surface area contributed by atoms with E-state index in [2.05, 4.69) is 73.5 Å². The fraction of sp³-hybridized carbons (Fsp3) is 0.471. The molecule has 0 fully saturated rings. The first kappa shape index (κ1) is 17.0. The molecule has 1 aromatic carbocycles. The highest BCUT2D eigenvalue weighted by Crippen LogP contribution is 2.14. The Kier molecular flexibility index (Phi) is 6.47. The van der Waals surface area contributed by atoms with Gasteiger partial charge in [0, 0.05) is 6.92 Å². The molecule has 0 saturated heterocycles. The summed E-state index contributed by atoms with van der Waals surface area (Å²) >= 11 is 0. The van der Waals surface area contributed by atoms with E-state index in [0.29, 0.717) is 5.92 Å². The number of aryl methyl sites for hydroxylation is 1. The lowest BCUT2D eigenvalue weighted by Gasteiger charge is -2.06. The zero-order valence-electron chi connectivity index (χ0n) is 13.0. The SMILES string of the molecule is Br.CCCn1cc[n+](Cc2ccc(C(C)C)cc2)c1C. The Morgan fingerprint density at radius 3 is 2.35 bits per heavy atom. The van der Waals surface area contributed by atoms with Gasteiger partial charge in [-0.3, -0.25) is 0 Å². The van der Waals surface area contributed by atoms with Crippen LogP contribution in [0.1, 0.15) is 50.1 Å². The number of nitrogens with zero attached hydrogens (tertiary/aromatic N) is 2. The van der Waals surface area contributed by atoms with Crippen LogP contribution in [0.2, 0.25) is 0 Å². The quantitative estimate of drug-likeness (QED) is 0.721. The van der Waals surface area contributed by atoms with Crippen molar-refractivity contribution in [2.24, 2.45) is 0 Å². The van der Waals surface area contributed by atoms with Crippen LogP contribution in [-0.4, -0.2) is 4.57 Å². The van der Waals surface area contributed by atoms with Crippen LogP contribution in [0.15, 0.2) is 36.7 Å². The third-order valence-corrected chi connectivity index (χ3v) is 3.72. The van der Waals surface area contributed by atoms with Crippen molar-refractivity contribution in [1.29, 1.82) is 0 Å². The van der Waals surface area contributed by atoms with E-state index >= 15 is 0 Å². The smallest absolute Gasteiger partial charge is 0.234 e. The van der Waals surface area contributed by atoms with E-state index in [1.54, 1.807) is 0 Å². The van der Waals surface area contributed by atoms with Crippen molar-refractivity contribution in [1.82, 2.24) is 4.57 Å². The van der Waals surface area contributed by atoms with E-state index in [4.69, 9.17) is 0 Å². The van der Waals surface area contributed by atoms with Crippen molar-refractivity contribution in [3.05, 3.63) is 53.6 Å². The molecule has 0 radical (unpaired) electrons. The molecule has 0 unspecified atom stereocenters. The van der Waals surface area contributed by atoms with Crippen molar-refractivity contribution in [2.75, 3.05) is 0 Å². The van der Waals surface area contributed by atoms with Crippen molar-refractivity contribution in [3.63, 3.8) is 0 Å². The van der Waals surface area contributed by atoms with Gasteiger partial charge in [0.05, 0.1) is 6.54 Å². The fourth-order valence-electron chi connectivity index (χ4n) is 2.39. The molecule has 0 saturated carbocycles. The molecule has 1 aromatic heterocycles. The van der Waals surface area contributed by atoms with Gasteiger partial charge in [0.25, 0.3) is 5.82 Å². The van der Waals surface area contributed by atoms with E-state index in [9.17, 15) is 0 Å². The number of aromatic nitrogens is 2. The molecule has 0 atom stereocenters. The molecule has 0 N–H and O–H groups in total. The largest absolute Gasteiger partial charge is 0.253 e. The Morgan fingerprint density at radius 2 is 1.80 bits per heavy atom. The molecule has 0 aliphatic heterocycles. The summed E-state index contributed by atoms with van der Waals surface area (Å²) in [5, 5.41) is 0. The van der Waals surface area contributed by atoms with Crippen molar-refractivity contribution < 1.29 is 4.57 Å². The zero-order chi connectivity index (χ0) is 13.8. The summed E-state index contributed by atoms with van der Waals surface area (Å²) in [5.74, 6) is 1.93. The second-order valence-electron chi connectivity index (χ2n) is 5.56. The van der Waals surface area contributed by atoms with E-state index in [1.165, 1.54) is 23.4 Å². The maximum absolute atomic E-state index is 2.32. The third-order valence-electron chi connectivity index (χ3n) is 3.72. The number of hydrogen-bond acceptors (Lipinski definition) is 0. The molecule has 0 aliphatic rings. The number of halogens is 1. The molecule has 3 heteroatoms. The summed E-state index contributed by atoms with van der Waals surface area (Å²) in [6.07, 6.45) is 5.54. The highest BCUT2D eigenvalue weighted by molar-refractivity contribution is 8.93. The number of imidazole rings is 1. The Labute approximate surface area is 133 Å². The lowest BCUT2D eigenvalue weighted by atomic mass is 10.0. The monoisotopic (exact) mass is 337 g/mol. The topological polar surface area (TPSA) is 8.81 Å². The first-order valence-corrected chi connectivity index (χ1v) is 7.25. The normalized spacial score (nSPS) is 10.7. The highest BCUT2D eigenvalue weighted by Gasteiger charge is 2.11. The molecule has 2 aromatic rings. The number of rotatable bonds is 5. The predicted molar refractivity (Wildman–Crippen MR) is 89.6 cm³/mol. The van der Waals surface area contributed by atoms with E-state index in [-0.39, 0.29) is 17.0 Å². The van der Waals surface area contributed by atoms with Gasteiger partial charge in [-0.1, -0.05) is 45.0 Å². The molecule has 0 aliphatic carbocycles. The van der Waals surface area contributed by atoms with E-state index in [1.807, 2.05) is 0 Å². The molecule has 2 nitrogen and oxygen atoms in total. The average molecular weight is 338 g/mol. The summed E-state index contributed by atoms with van der Waals surface area (Å²) in [6.45, 7) is 10.9. The second-order valence-corrected chi connectivity index (χ2v) is 5.56. The summed E-state index contributed by atoms with van der Waals surface area (Å²) in [7, 11) is 0. The highest BCUT2D eigenvalue weighted by atomic mass is 79.9. The lowest BCUT2D eigenvalue weighted by molar-refractivity contribution is -0.694. The molecule has 0 spiro atoms. The van der Waals surface area contributed by atoms with Crippen LogP contribution in [-0.2, 0) is 13.1 Å². The number of hydrogen-bond donors (Lipinski definition) is 0. The van der Waals surface area contributed by atoms with Crippen LogP contribution in [0.5, 0.6) is 0 Å². The maximum atomic E-state index is 2.32. The van der Waals surface area contributed by atoms with Gasteiger partial charge in [-0.15, -0.1) is 17.0 Å². The maximum Gasteiger partial charge on any atom is 0.253 e. The Morgan fingerprint density at radius 1 is 1.15 bits per heavy atom. The third kappa shape index (κ3) is 3.95. The van der Waals surface area contributed by atoms with Gasteiger partial charge < -0.3 is 0 Å². The van der Waals surface area contributed by atoms with Crippen molar-refractivity contribution in [3.8, 4) is 0 Å². The van der Waals surface area contributed by atoms with Crippen LogP contribution < -0.4 is 4.57 Å². The predicted octanol–water partition coefficient (Wildman–Crippen LogP) is 4.24. The van der Waals surface area contributed by atoms with Crippen molar-refractivity contribution in [2.45, 2.75) is 53.1 Å². The van der Waals surface area contributed by atoms with Gasteiger partial charge in [0.2, 0.25) is 0 Å². The van der Waals surface area contributed by atoms with Gasteiger partial charge in [-0.2, -0.15) is 0 Å². The zero-order valence-corrected chi connectivity index (χ0v) is 14.7. The molecule has 20 heavy (non-hydrogen) atoms. The summed E-state index contributed by atoms with van der Waals surface area (Å²) in [6, 6.07) is 9.00. The molecule has 0 bridgehead atoms. The number of benzene rings is 1. The standard InChI is InChI=1S/C17H25N2.BrH/c1-5-10-18-11-12-19(15(18)4)13-16-6-8-17(9-7-16)14(2)3;/h6-9,11-12,14H,5,10,13H2,1-4H3;1H/q+1;. The van der Waals surface area contributed by atoms with Crippen LogP contribution in [0, 0.1) is 6.92 Å². The van der Waals surface area contributed by atoms with Gasteiger partial charge in [0.1, 0.15) is 18.9 Å². The molecular formula is C17H26BrN2+. The summed E-state index contributed by atoms with van der Waals surface area (Å²) in [5.41, 5.74) is 2.78. The van der Waals surface area contributed by atoms with Crippen LogP contribution >= 0.6 is 17.0 Å². The Bertz CT molecular complexity index is 526. The molecule has 110 valence electrons. The summed E-state index contributed by atoms with van der Waals surface area (Å²) < 4.78 is 4.64. The molecular weight excluding hydrogens is 312 g/mol. The van der Waals surface area contributed by atoms with Gasteiger partial charge >= 0.3 is 0 Å². The fourth-order valence-corrected chi connectivity index (χ4v) is 2.39.